The van der Waals surface area contributed by atoms with Gasteiger partial charge in [-0.15, -0.1) is 0 Å². The minimum atomic E-state index is -0.218. The number of alkyl halides is 1. The Balaban J connectivity index is 0.00000116. The number of rotatable bonds is 3. The molecule has 0 N–H and O–H groups in total. The molecule has 1 aliphatic rings. The molecular formula is C17H27IN2O2. The van der Waals surface area contributed by atoms with Crippen LogP contribution in [0.2, 0.25) is 0 Å². The van der Waals surface area contributed by atoms with Gasteiger partial charge < -0.3 is 14.5 Å². The largest absolute Gasteiger partial charge is 0.415 e. The second kappa shape index (κ2) is 9.92. The highest BCUT2D eigenvalue weighted by Crippen LogP contribution is 2.25. The van der Waals surface area contributed by atoms with Gasteiger partial charge in [-0.05, 0) is 54.4 Å². The van der Waals surface area contributed by atoms with Crippen LogP contribution in [0.15, 0.2) is 18.2 Å². The van der Waals surface area contributed by atoms with Gasteiger partial charge >= 0.3 is 6.09 Å². The number of hydrogen-bond donors (Lipinski definition) is 0. The van der Waals surface area contributed by atoms with E-state index >= 15 is 0 Å². The van der Waals surface area contributed by atoms with Gasteiger partial charge in [0.25, 0.3) is 0 Å². The molecule has 0 aromatic heterocycles. The van der Waals surface area contributed by atoms with Crippen molar-refractivity contribution in [2.24, 2.45) is 0 Å². The number of piperidine rings is 1. The van der Waals surface area contributed by atoms with Gasteiger partial charge in [0.15, 0.2) is 0 Å². The smallest absolute Gasteiger partial charge is 0.410 e. The monoisotopic (exact) mass is 418 g/mol. The number of ether oxygens (including phenoxy) is 1. The van der Waals surface area contributed by atoms with Gasteiger partial charge in [0, 0.05) is 32.9 Å². The van der Waals surface area contributed by atoms with Crippen LogP contribution in [0.1, 0.15) is 31.7 Å². The molecule has 4 nitrogen and oxygen atoms in total. The number of anilines is 1. The standard InChI is InChI=1S/C16H24N2O2.CH3I/c1-4-13-12-14(8-9-15(13)17(2)3)20-16(19)18-10-6-5-7-11-18;1-2/h8-9,12H,4-7,10-11H2,1-3H3;1H3. The van der Waals surface area contributed by atoms with Crippen LogP contribution in [-0.4, -0.2) is 43.1 Å². The van der Waals surface area contributed by atoms with Crippen LogP contribution in [0, 0.1) is 0 Å². The molecular weight excluding hydrogens is 391 g/mol. The molecule has 0 atom stereocenters. The van der Waals surface area contributed by atoms with Crippen molar-refractivity contribution in [3.63, 3.8) is 0 Å². The van der Waals surface area contributed by atoms with Crippen LogP contribution in [0.25, 0.3) is 0 Å². The summed E-state index contributed by atoms with van der Waals surface area (Å²) in [6.07, 6.45) is 4.07. The molecule has 1 aromatic rings. The molecule has 0 bridgehead atoms. The predicted molar refractivity (Wildman–Crippen MR) is 102 cm³/mol. The lowest BCUT2D eigenvalue weighted by molar-refractivity contribution is 0.142. The second-order valence-electron chi connectivity index (χ2n) is 5.45. The van der Waals surface area contributed by atoms with Gasteiger partial charge in [-0.1, -0.05) is 29.5 Å². The molecule has 1 heterocycles. The van der Waals surface area contributed by atoms with Crippen LogP contribution in [0.5, 0.6) is 5.75 Å². The Morgan fingerprint density at radius 1 is 1.23 bits per heavy atom. The van der Waals surface area contributed by atoms with Crippen molar-refractivity contribution in [1.82, 2.24) is 4.90 Å². The Kier molecular flexibility index (Phi) is 8.60. The maximum Gasteiger partial charge on any atom is 0.415 e. The summed E-state index contributed by atoms with van der Waals surface area (Å²) in [5.41, 5.74) is 2.37. The van der Waals surface area contributed by atoms with Gasteiger partial charge in [-0.2, -0.15) is 0 Å². The van der Waals surface area contributed by atoms with Gasteiger partial charge in [0.1, 0.15) is 5.75 Å². The van der Waals surface area contributed by atoms with E-state index in [0.717, 1.165) is 32.4 Å². The van der Waals surface area contributed by atoms with Gasteiger partial charge in [0.2, 0.25) is 0 Å². The Hall–Kier alpha value is -0.980. The summed E-state index contributed by atoms with van der Waals surface area (Å²) in [4.78, 5) is 17.9. The molecule has 0 aliphatic carbocycles. The molecule has 1 aliphatic heterocycles. The van der Waals surface area contributed by atoms with Crippen molar-refractivity contribution in [3.05, 3.63) is 23.8 Å². The summed E-state index contributed by atoms with van der Waals surface area (Å²) in [6.45, 7) is 3.74. The lowest BCUT2D eigenvalue weighted by Gasteiger charge is -2.26. The number of benzene rings is 1. The second-order valence-corrected chi connectivity index (χ2v) is 5.45. The molecule has 1 aromatic carbocycles. The molecule has 1 saturated heterocycles. The van der Waals surface area contributed by atoms with E-state index in [4.69, 9.17) is 4.74 Å². The lowest BCUT2D eigenvalue weighted by Crippen LogP contribution is -2.37. The average molecular weight is 418 g/mol. The summed E-state index contributed by atoms with van der Waals surface area (Å²) in [5.74, 6) is 0.642. The first-order chi connectivity index (χ1) is 10.6. The highest BCUT2D eigenvalue weighted by Gasteiger charge is 2.18. The number of carbonyl (C=O) groups excluding carboxylic acids is 1. The van der Waals surface area contributed by atoms with Gasteiger partial charge in [0.05, 0.1) is 0 Å². The van der Waals surface area contributed by atoms with Crippen molar-refractivity contribution >= 4 is 34.4 Å². The Bertz CT molecular complexity index is 472. The fourth-order valence-corrected chi connectivity index (χ4v) is 2.59. The van der Waals surface area contributed by atoms with Crippen molar-refractivity contribution in [2.75, 3.05) is 37.0 Å². The third kappa shape index (κ3) is 5.34. The quantitative estimate of drug-likeness (QED) is 0.541. The van der Waals surface area contributed by atoms with E-state index in [1.54, 1.807) is 4.90 Å². The topological polar surface area (TPSA) is 32.8 Å². The normalized spacial score (nSPS) is 14.0. The summed E-state index contributed by atoms with van der Waals surface area (Å²) in [5, 5.41) is 0. The molecule has 2 rings (SSSR count). The minimum absolute atomic E-state index is 0.218. The van der Waals surface area contributed by atoms with E-state index in [1.807, 2.05) is 37.2 Å². The van der Waals surface area contributed by atoms with Crippen LogP contribution in [-0.2, 0) is 6.42 Å². The Labute approximate surface area is 148 Å². The van der Waals surface area contributed by atoms with Gasteiger partial charge in [-0.3, -0.25) is 0 Å². The number of nitrogens with zero attached hydrogens (tertiary/aromatic N) is 2. The third-order valence-electron chi connectivity index (χ3n) is 3.73. The highest BCUT2D eigenvalue weighted by atomic mass is 127. The van der Waals surface area contributed by atoms with Crippen LogP contribution < -0.4 is 9.64 Å². The zero-order valence-electron chi connectivity index (χ0n) is 14.1. The molecule has 0 unspecified atom stereocenters. The molecule has 0 radical (unpaired) electrons. The first-order valence-corrected chi connectivity index (χ1v) is 9.92. The first-order valence-electron chi connectivity index (χ1n) is 7.76. The van der Waals surface area contributed by atoms with Crippen molar-refractivity contribution in [3.8, 4) is 5.75 Å². The maximum absolute atomic E-state index is 12.1. The summed E-state index contributed by atoms with van der Waals surface area (Å²) >= 11 is 2.15. The molecule has 1 amide bonds. The van der Waals surface area contributed by atoms with E-state index in [9.17, 15) is 4.79 Å². The van der Waals surface area contributed by atoms with Crippen molar-refractivity contribution in [1.29, 1.82) is 0 Å². The van der Waals surface area contributed by atoms with Crippen molar-refractivity contribution in [2.45, 2.75) is 32.6 Å². The lowest BCUT2D eigenvalue weighted by atomic mass is 10.1. The number of halogens is 1. The molecule has 1 fully saturated rings. The highest BCUT2D eigenvalue weighted by molar-refractivity contribution is 14.1. The van der Waals surface area contributed by atoms with Crippen LogP contribution in [0.4, 0.5) is 10.5 Å². The molecule has 0 spiro atoms. The van der Waals surface area contributed by atoms with E-state index < -0.39 is 0 Å². The molecule has 124 valence electrons. The molecule has 0 saturated carbocycles. The fourth-order valence-electron chi connectivity index (χ4n) is 2.59. The average Bonchev–Trinajstić information content (AvgIpc) is 2.57. The number of amides is 1. The van der Waals surface area contributed by atoms with E-state index in [2.05, 4.69) is 34.4 Å². The van der Waals surface area contributed by atoms with Crippen LogP contribution >= 0.6 is 22.6 Å². The summed E-state index contributed by atoms with van der Waals surface area (Å²) < 4.78 is 5.50. The summed E-state index contributed by atoms with van der Waals surface area (Å²) in [7, 11) is 4.04. The molecule has 22 heavy (non-hydrogen) atoms. The fraction of sp³-hybridized carbons (Fsp3) is 0.588. The zero-order valence-corrected chi connectivity index (χ0v) is 16.2. The first kappa shape index (κ1) is 19.1. The van der Waals surface area contributed by atoms with Gasteiger partial charge in [-0.25, -0.2) is 4.79 Å². The van der Waals surface area contributed by atoms with E-state index in [1.165, 1.54) is 17.7 Å². The zero-order chi connectivity index (χ0) is 16.5. The summed E-state index contributed by atoms with van der Waals surface area (Å²) in [6, 6.07) is 5.85. The third-order valence-corrected chi connectivity index (χ3v) is 3.73. The maximum atomic E-state index is 12.1. The number of hydrogen-bond acceptors (Lipinski definition) is 3. The Morgan fingerprint density at radius 3 is 2.41 bits per heavy atom. The number of aryl methyl sites for hydroxylation is 1. The number of likely N-dealkylation sites (tertiary alicyclic amines) is 1. The van der Waals surface area contributed by atoms with E-state index in [-0.39, 0.29) is 6.09 Å². The van der Waals surface area contributed by atoms with Crippen LogP contribution in [0.3, 0.4) is 0 Å². The predicted octanol–water partition coefficient (Wildman–Crippen LogP) is 4.35. The van der Waals surface area contributed by atoms with E-state index in [0.29, 0.717) is 5.75 Å². The molecule has 5 heteroatoms. The minimum Gasteiger partial charge on any atom is -0.410 e. The van der Waals surface area contributed by atoms with Crippen molar-refractivity contribution < 1.29 is 9.53 Å². The SMILES string of the molecule is CCc1cc(OC(=O)N2CCCCC2)ccc1N(C)C.CI. The Morgan fingerprint density at radius 2 is 1.86 bits per heavy atom. The number of carbonyl (C=O) groups is 1.